The Bertz CT molecular complexity index is 535. The summed E-state index contributed by atoms with van der Waals surface area (Å²) in [4.78, 5) is 22.9. The Morgan fingerprint density at radius 1 is 1.32 bits per heavy atom. The monoisotopic (exact) mass is 305 g/mol. The predicted octanol–water partition coefficient (Wildman–Crippen LogP) is 3.69. The van der Waals surface area contributed by atoms with Crippen LogP contribution in [0.25, 0.3) is 0 Å². The van der Waals surface area contributed by atoms with Crippen LogP contribution in [0.4, 0.5) is 5.69 Å². The molecule has 0 radical (unpaired) electrons. The Kier molecular flexibility index (Phi) is 5.81. The van der Waals surface area contributed by atoms with Crippen molar-refractivity contribution in [2.24, 2.45) is 5.92 Å². The van der Waals surface area contributed by atoms with Crippen LogP contribution in [-0.4, -0.2) is 24.1 Å². The van der Waals surface area contributed by atoms with E-state index in [9.17, 15) is 9.59 Å². The highest BCUT2D eigenvalue weighted by Crippen LogP contribution is 2.29. The van der Waals surface area contributed by atoms with Crippen molar-refractivity contribution >= 4 is 17.6 Å². The average molecular weight is 305 g/mol. The number of hydrogen-bond donors (Lipinski definition) is 2. The molecule has 2 rings (SSSR count). The molecule has 1 saturated carbocycles. The van der Waals surface area contributed by atoms with Gasteiger partial charge in [0.05, 0.1) is 18.4 Å². The van der Waals surface area contributed by atoms with Gasteiger partial charge in [0.2, 0.25) is 5.91 Å². The highest BCUT2D eigenvalue weighted by molar-refractivity contribution is 5.94. The molecule has 0 bridgehead atoms. The van der Waals surface area contributed by atoms with Crippen LogP contribution in [0.3, 0.4) is 0 Å². The summed E-state index contributed by atoms with van der Waals surface area (Å²) in [7, 11) is 1.46. The molecule has 0 aromatic heterocycles. The van der Waals surface area contributed by atoms with Crippen LogP contribution in [0.15, 0.2) is 18.2 Å². The lowest BCUT2D eigenvalue weighted by atomic mass is 10.0. The Labute approximate surface area is 130 Å². The molecule has 1 aliphatic rings. The van der Waals surface area contributed by atoms with Gasteiger partial charge < -0.3 is 15.2 Å². The van der Waals surface area contributed by atoms with Crippen molar-refractivity contribution in [2.75, 3.05) is 12.4 Å². The number of rotatable bonds is 7. The number of carboxylic acids is 1. The standard InChI is InChI=1S/C17H23NO4/c1-22-15-11-13(17(20)21)9-10-14(15)18-16(19)8-4-7-12-5-2-3-6-12/h9-12H,2-8H2,1H3,(H,18,19)(H,20,21). The molecule has 0 aliphatic heterocycles. The zero-order valence-corrected chi connectivity index (χ0v) is 12.9. The van der Waals surface area contributed by atoms with E-state index >= 15 is 0 Å². The molecule has 1 aromatic rings. The topological polar surface area (TPSA) is 75.6 Å². The first-order chi connectivity index (χ1) is 10.6. The molecule has 0 spiro atoms. The van der Waals surface area contributed by atoms with Crippen molar-refractivity contribution in [1.82, 2.24) is 0 Å². The summed E-state index contributed by atoms with van der Waals surface area (Å²) in [6, 6.07) is 4.44. The summed E-state index contributed by atoms with van der Waals surface area (Å²) < 4.78 is 5.14. The van der Waals surface area contributed by atoms with Crippen LogP contribution in [0.2, 0.25) is 0 Å². The maximum Gasteiger partial charge on any atom is 0.335 e. The van der Waals surface area contributed by atoms with Crippen molar-refractivity contribution in [3.63, 3.8) is 0 Å². The Morgan fingerprint density at radius 2 is 2.05 bits per heavy atom. The molecule has 5 heteroatoms. The van der Waals surface area contributed by atoms with E-state index < -0.39 is 5.97 Å². The van der Waals surface area contributed by atoms with E-state index in [2.05, 4.69) is 5.32 Å². The quantitative estimate of drug-likeness (QED) is 0.805. The third-order valence-electron chi connectivity index (χ3n) is 4.21. The van der Waals surface area contributed by atoms with E-state index in [4.69, 9.17) is 9.84 Å². The Morgan fingerprint density at radius 3 is 2.68 bits per heavy atom. The lowest BCUT2D eigenvalue weighted by Gasteiger charge is -2.12. The van der Waals surface area contributed by atoms with Gasteiger partial charge in [0.15, 0.2) is 0 Å². The average Bonchev–Trinajstić information content (AvgIpc) is 3.00. The van der Waals surface area contributed by atoms with Crippen LogP contribution in [0, 0.1) is 5.92 Å². The lowest BCUT2D eigenvalue weighted by Crippen LogP contribution is -2.13. The SMILES string of the molecule is COc1cc(C(=O)O)ccc1NC(=O)CCCC1CCCC1. The summed E-state index contributed by atoms with van der Waals surface area (Å²) in [5.74, 6) is 0.0772. The number of carboxylic acid groups (broad SMARTS) is 1. The molecule has 0 atom stereocenters. The van der Waals surface area contributed by atoms with Crippen LogP contribution in [0.1, 0.15) is 55.3 Å². The number of ether oxygens (including phenoxy) is 1. The van der Waals surface area contributed by atoms with Gasteiger partial charge in [-0.3, -0.25) is 4.79 Å². The number of methoxy groups -OCH3 is 1. The number of amides is 1. The summed E-state index contributed by atoms with van der Waals surface area (Å²) in [6.07, 6.45) is 7.74. The van der Waals surface area contributed by atoms with Crippen molar-refractivity contribution in [3.05, 3.63) is 23.8 Å². The van der Waals surface area contributed by atoms with Crippen LogP contribution in [-0.2, 0) is 4.79 Å². The molecule has 120 valence electrons. The maximum absolute atomic E-state index is 12.0. The van der Waals surface area contributed by atoms with Gasteiger partial charge in [0, 0.05) is 6.42 Å². The highest BCUT2D eigenvalue weighted by atomic mass is 16.5. The summed E-state index contributed by atoms with van der Waals surface area (Å²) in [6.45, 7) is 0. The highest BCUT2D eigenvalue weighted by Gasteiger charge is 2.15. The summed E-state index contributed by atoms with van der Waals surface area (Å²) >= 11 is 0. The van der Waals surface area contributed by atoms with Gasteiger partial charge in [0.25, 0.3) is 0 Å². The number of nitrogens with one attached hydrogen (secondary N) is 1. The van der Waals surface area contributed by atoms with E-state index in [1.807, 2.05) is 0 Å². The molecule has 1 aromatic carbocycles. The summed E-state index contributed by atoms with van der Waals surface area (Å²) in [5.41, 5.74) is 0.648. The molecule has 5 nitrogen and oxygen atoms in total. The summed E-state index contributed by atoms with van der Waals surface area (Å²) in [5, 5.41) is 11.8. The van der Waals surface area contributed by atoms with Gasteiger partial charge in [-0.2, -0.15) is 0 Å². The lowest BCUT2D eigenvalue weighted by molar-refractivity contribution is -0.116. The fourth-order valence-corrected chi connectivity index (χ4v) is 2.99. The van der Waals surface area contributed by atoms with Gasteiger partial charge in [-0.05, 0) is 37.0 Å². The third kappa shape index (κ3) is 4.48. The molecule has 1 amide bonds. The van der Waals surface area contributed by atoms with Crippen LogP contribution >= 0.6 is 0 Å². The fraction of sp³-hybridized carbons (Fsp3) is 0.529. The second-order valence-electron chi connectivity index (χ2n) is 5.81. The van der Waals surface area contributed by atoms with E-state index in [0.29, 0.717) is 17.9 Å². The fourth-order valence-electron chi connectivity index (χ4n) is 2.99. The van der Waals surface area contributed by atoms with Gasteiger partial charge in [-0.1, -0.05) is 25.7 Å². The molecule has 0 heterocycles. The van der Waals surface area contributed by atoms with Crippen molar-refractivity contribution in [3.8, 4) is 5.75 Å². The molecule has 0 saturated heterocycles. The first kappa shape index (κ1) is 16.3. The zero-order chi connectivity index (χ0) is 15.9. The molecule has 1 fully saturated rings. The number of carbonyl (C=O) groups excluding carboxylic acids is 1. The molecule has 2 N–H and O–H groups in total. The Hall–Kier alpha value is -2.04. The zero-order valence-electron chi connectivity index (χ0n) is 12.9. The van der Waals surface area contributed by atoms with Gasteiger partial charge >= 0.3 is 5.97 Å². The van der Waals surface area contributed by atoms with Crippen molar-refractivity contribution in [2.45, 2.75) is 44.9 Å². The predicted molar refractivity (Wildman–Crippen MR) is 84.4 cm³/mol. The number of anilines is 1. The largest absolute Gasteiger partial charge is 0.495 e. The van der Waals surface area contributed by atoms with E-state index in [-0.39, 0.29) is 11.5 Å². The van der Waals surface area contributed by atoms with Gasteiger partial charge in [-0.15, -0.1) is 0 Å². The maximum atomic E-state index is 12.0. The van der Waals surface area contributed by atoms with Crippen molar-refractivity contribution in [1.29, 1.82) is 0 Å². The van der Waals surface area contributed by atoms with E-state index in [0.717, 1.165) is 18.8 Å². The molecular formula is C17H23NO4. The number of benzene rings is 1. The number of aromatic carboxylic acids is 1. The molecular weight excluding hydrogens is 282 g/mol. The third-order valence-corrected chi connectivity index (χ3v) is 4.21. The van der Waals surface area contributed by atoms with Crippen molar-refractivity contribution < 1.29 is 19.4 Å². The second-order valence-corrected chi connectivity index (χ2v) is 5.81. The number of hydrogen-bond acceptors (Lipinski definition) is 3. The molecule has 0 unspecified atom stereocenters. The van der Waals surface area contributed by atoms with Crippen LogP contribution in [0.5, 0.6) is 5.75 Å². The smallest absolute Gasteiger partial charge is 0.335 e. The Balaban J connectivity index is 1.86. The minimum Gasteiger partial charge on any atom is -0.495 e. The van der Waals surface area contributed by atoms with Crippen LogP contribution < -0.4 is 10.1 Å². The number of carbonyl (C=O) groups is 2. The minimum absolute atomic E-state index is 0.0561. The van der Waals surface area contributed by atoms with E-state index in [1.54, 1.807) is 6.07 Å². The van der Waals surface area contributed by atoms with Gasteiger partial charge in [0.1, 0.15) is 5.75 Å². The van der Waals surface area contributed by atoms with Gasteiger partial charge in [-0.25, -0.2) is 4.79 Å². The van der Waals surface area contributed by atoms with E-state index in [1.165, 1.54) is 44.9 Å². The molecule has 1 aliphatic carbocycles. The minimum atomic E-state index is -1.02. The second kappa shape index (κ2) is 7.82. The normalized spacial score (nSPS) is 14.8. The molecule has 22 heavy (non-hydrogen) atoms. The first-order valence-electron chi connectivity index (χ1n) is 7.81. The first-order valence-corrected chi connectivity index (χ1v) is 7.81.